The minimum Gasteiger partial charge on any atom is -0.381 e. The second kappa shape index (κ2) is 5.92. The molecule has 90 valence electrons. The summed E-state index contributed by atoms with van der Waals surface area (Å²) in [4.78, 5) is 4.07. The first-order valence-electron chi connectivity index (χ1n) is 6.06. The van der Waals surface area contributed by atoms with E-state index in [9.17, 15) is 0 Å². The van der Waals surface area contributed by atoms with Crippen LogP contribution in [0.25, 0.3) is 0 Å². The molecule has 3 nitrogen and oxygen atoms in total. The largest absolute Gasteiger partial charge is 0.381 e. The minimum absolute atomic E-state index is 0.474. The maximum absolute atomic E-state index is 8.67. The van der Waals surface area contributed by atoms with Gasteiger partial charge in [-0.05, 0) is 37.1 Å². The summed E-state index contributed by atoms with van der Waals surface area (Å²) in [6, 6.07) is 6.29. The number of nitriles is 1. The summed E-state index contributed by atoms with van der Waals surface area (Å²) in [6.07, 6.45) is 5.52. The van der Waals surface area contributed by atoms with Crippen LogP contribution < -0.4 is 5.32 Å². The van der Waals surface area contributed by atoms with Gasteiger partial charge in [0.1, 0.15) is 11.8 Å². The van der Waals surface area contributed by atoms with Crippen molar-refractivity contribution in [2.45, 2.75) is 37.5 Å². The van der Waals surface area contributed by atoms with Gasteiger partial charge in [0.2, 0.25) is 0 Å². The number of nitrogens with one attached hydrogen (secondary N) is 1. The van der Waals surface area contributed by atoms with Crippen LogP contribution in [0, 0.1) is 11.3 Å². The third-order valence-corrected chi connectivity index (χ3v) is 4.27. The highest BCUT2D eigenvalue weighted by Gasteiger charge is 2.24. The molecule has 1 fully saturated rings. The van der Waals surface area contributed by atoms with Crippen molar-refractivity contribution < 1.29 is 0 Å². The quantitative estimate of drug-likeness (QED) is 0.888. The summed E-state index contributed by atoms with van der Waals surface area (Å²) in [5.74, 6) is 1.20. The number of thioether (sulfide) groups is 1. The normalized spacial score (nSPS) is 23.3. The fourth-order valence-corrected chi connectivity index (χ4v) is 3.38. The van der Waals surface area contributed by atoms with Gasteiger partial charge in [0.25, 0.3) is 0 Å². The van der Waals surface area contributed by atoms with E-state index in [1.807, 2.05) is 12.1 Å². The van der Waals surface area contributed by atoms with E-state index in [2.05, 4.69) is 29.0 Å². The number of nitrogens with zero attached hydrogens (tertiary/aromatic N) is 2. The van der Waals surface area contributed by atoms with Crippen LogP contribution in [0.2, 0.25) is 0 Å². The zero-order chi connectivity index (χ0) is 12.1. The number of rotatable bonds is 4. The molecule has 1 aliphatic carbocycles. The zero-order valence-corrected chi connectivity index (χ0v) is 10.8. The molecule has 4 heteroatoms. The molecule has 1 N–H and O–H groups in total. The molecule has 0 aromatic carbocycles. The average Bonchev–Trinajstić information content (AvgIpc) is 2.78. The number of hydrogen-bond acceptors (Lipinski definition) is 4. The van der Waals surface area contributed by atoms with Gasteiger partial charge < -0.3 is 5.32 Å². The average molecular weight is 247 g/mol. The Bertz CT molecular complexity index is 396. The lowest BCUT2D eigenvalue weighted by atomic mass is 10.2. The molecular weight excluding hydrogens is 230 g/mol. The van der Waals surface area contributed by atoms with Crippen molar-refractivity contribution in [2.75, 3.05) is 11.1 Å². The number of aromatic nitrogens is 1. The van der Waals surface area contributed by atoms with Gasteiger partial charge in [0.05, 0.1) is 11.9 Å². The van der Waals surface area contributed by atoms with Gasteiger partial charge in [-0.3, -0.25) is 0 Å². The summed E-state index contributed by atoms with van der Waals surface area (Å²) < 4.78 is 0. The lowest BCUT2D eigenvalue weighted by Gasteiger charge is -2.14. The van der Waals surface area contributed by atoms with E-state index in [-0.39, 0.29) is 0 Å². The first kappa shape index (κ1) is 12.3. The highest BCUT2D eigenvalue weighted by Crippen LogP contribution is 2.31. The lowest BCUT2D eigenvalue weighted by molar-refractivity contribution is 0.756. The molecule has 0 unspecified atom stereocenters. The van der Waals surface area contributed by atoms with E-state index in [0.29, 0.717) is 11.7 Å². The van der Waals surface area contributed by atoms with Crippen LogP contribution in [-0.2, 0) is 0 Å². The predicted octanol–water partition coefficient (Wildman–Crippen LogP) is 3.04. The smallest absolute Gasteiger partial charge is 0.140 e. The molecule has 1 aliphatic rings. The first-order chi connectivity index (χ1) is 8.31. The molecule has 0 saturated heterocycles. The van der Waals surface area contributed by atoms with Crippen LogP contribution in [0.5, 0.6) is 0 Å². The molecule has 1 aromatic rings. The fourth-order valence-electron chi connectivity index (χ4n) is 2.24. The van der Waals surface area contributed by atoms with Crippen molar-refractivity contribution in [3.63, 3.8) is 0 Å². The molecule has 2 rings (SSSR count). The van der Waals surface area contributed by atoms with Crippen LogP contribution in [-0.4, -0.2) is 22.0 Å². The van der Waals surface area contributed by atoms with E-state index in [1.54, 1.807) is 12.3 Å². The van der Waals surface area contributed by atoms with Gasteiger partial charge >= 0.3 is 0 Å². The molecule has 17 heavy (non-hydrogen) atoms. The molecular formula is C13H17N3S. The van der Waals surface area contributed by atoms with E-state index in [4.69, 9.17) is 5.26 Å². The van der Waals surface area contributed by atoms with E-state index in [1.165, 1.54) is 25.0 Å². The van der Waals surface area contributed by atoms with Crippen molar-refractivity contribution in [1.29, 1.82) is 5.26 Å². The van der Waals surface area contributed by atoms with Gasteiger partial charge in [-0.15, -0.1) is 0 Å². The summed E-state index contributed by atoms with van der Waals surface area (Å²) in [5.41, 5.74) is 1.50. The SMILES string of the molecule is CCS[C@@H]1CC[C@H](Nc2ccc(C#N)nc2)C1. The molecule has 0 aliphatic heterocycles. The number of pyridine rings is 1. The molecule has 1 aromatic heterocycles. The molecule has 0 amide bonds. The summed E-state index contributed by atoms with van der Waals surface area (Å²) in [7, 11) is 0. The molecule has 1 heterocycles. The van der Waals surface area contributed by atoms with Crippen molar-refractivity contribution in [1.82, 2.24) is 4.98 Å². The zero-order valence-electron chi connectivity index (χ0n) is 10.0. The van der Waals surface area contributed by atoms with Crippen molar-refractivity contribution in [2.24, 2.45) is 0 Å². The minimum atomic E-state index is 0.474. The number of hydrogen-bond donors (Lipinski definition) is 1. The molecule has 0 spiro atoms. The van der Waals surface area contributed by atoms with Gasteiger partial charge in [0, 0.05) is 11.3 Å². The Morgan fingerprint density at radius 2 is 2.41 bits per heavy atom. The fraction of sp³-hybridized carbons (Fsp3) is 0.538. The standard InChI is InChI=1S/C13H17N3S/c1-2-17-13-6-5-10(7-13)16-12-4-3-11(8-14)15-9-12/h3-4,9-10,13,16H,2,5-7H2,1H3/t10-,13+/m0/s1. The maximum atomic E-state index is 8.67. The number of anilines is 1. The Morgan fingerprint density at radius 1 is 1.53 bits per heavy atom. The van der Waals surface area contributed by atoms with Gasteiger partial charge in [-0.1, -0.05) is 6.92 Å². The Morgan fingerprint density at radius 3 is 3.06 bits per heavy atom. The van der Waals surface area contributed by atoms with Crippen LogP contribution in [0.15, 0.2) is 18.3 Å². The Balaban J connectivity index is 1.87. The van der Waals surface area contributed by atoms with Crippen LogP contribution >= 0.6 is 11.8 Å². The lowest BCUT2D eigenvalue weighted by Crippen LogP contribution is -2.16. The van der Waals surface area contributed by atoms with E-state index >= 15 is 0 Å². The van der Waals surface area contributed by atoms with Crippen LogP contribution in [0.3, 0.4) is 0 Å². The predicted molar refractivity (Wildman–Crippen MR) is 72.1 cm³/mol. The third-order valence-electron chi connectivity index (χ3n) is 3.04. The topological polar surface area (TPSA) is 48.7 Å². The van der Waals surface area contributed by atoms with Gasteiger partial charge in [-0.25, -0.2) is 4.98 Å². The Labute approximate surface area is 107 Å². The monoisotopic (exact) mass is 247 g/mol. The second-order valence-corrected chi connectivity index (χ2v) is 5.85. The molecule has 1 saturated carbocycles. The second-order valence-electron chi connectivity index (χ2n) is 4.28. The summed E-state index contributed by atoms with van der Waals surface area (Å²) in [5, 5.41) is 13.0. The van der Waals surface area contributed by atoms with Crippen molar-refractivity contribution in [3.8, 4) is 6.07 Å². The molecule has 0 bridgehead atoms. The summed E-state index contributed by atoms with van der Waals surface area (Å²) in [6.45, 7) is 2.22. The van der Waals surface area contributed by atoms with Crippen molar-refractivity contribution in [3.05, 3.63) is 24.0 Å². The highest BCUT2D eigenvalue weighted by molar-refractivity contribution is 7.99. The Kier molecular flexibility index (Phi) is 4.27. The van der Waals surface area contributed by atoms with E-state index < -0.39 is 0 Å². The van der Waals surface area contributed by atoms with Gasteiger partial charge in [0.15, 0.2) is 0 Å². The maximum Gasteiger partial charge on any atom is 0.140 e. The Hall–Kier alpha value is -1.21. The third kappa shape index (κ3) is 3.37. The highest BCUT2D eigenvalue weighted by atomic mass is 32.2. The van der Waals surface area contributed by atoms with Gasteiger partial charge in [-0.2, -0.15) is 17.0 Å². The van der Waals surface area contributed by atoms with E-state index in [0.717, 1.165) is 10.9 Å². The first-order valence-corrected chi connectivity index (χ1v) is 7.11. The van der Waals surface area contributed by atoms with Crippen molar-refractivity contribution >= 4 is 17.4 Å². The molecule has 2 atom stereocenters. The van der Waals surface area contributed by atoms with Crippen LogP contribution in [0.1, 0.15) is 31.9 Å². The van der Waals surface area contributed by atoms with Crippen LogP contribution in [0.4, 0.5) is 5.69 Å². The molecule has 0 radical (unpaired) electrons. The summed E-state index contributed by atoms with van der Waals surface area (Å²) >= 11 is 2.06.